The molecular formula is C19H29NO5. The van der Waals surface area contributed by atoms with Crippen molar-refractivity contribution in [1.82, 2.24) is 4.90 Å². The van der Waals surface area contributed by atoms with Gasteiger partial charge >= 0.3 is 0 Å². The number of piperidine rings is 1. The third-order valence-corrected chi connectivity index (χ3v) is 4.22. The number of rotatable bonds is 8. The number of benzene rings is 1. The number of hydrogen-bond acceptors (Lipinski definition) is 5. The van der Waals surface area contributed by atoms with E-state index < -0.39 is 0 Å². The summed E-state index contributed by atoms with van der Waals surface area (Å²) in [5.41, 5.74) is 0.522. The Kier molecular flexibility index (Phi) is 7.37. The van der Waals surface area contributed by atoms with Gasteiger partial charge < -0.3 is 24.2 Å². The van der Waals surface area contributed by atoms with Crippen LogP contribution in [0.1, 0.15) is 44.0 Å². The van der Waals surface area contributed by atoms with E-state index in [1.807, 2.05) is 20.8 Å². The van der Waals surface area contributed by atoms with Crippen LogP contribution in [0.25, 0.3) is 0 Å². The maximum Gasteiger partial charge on any atom is 0.254 e. The molecule has 1 N–H and O–H groups in total. The zero-order chi connectivity index (χ0) is 18.2. The highest BCUT2D eigenvalue weighted by atomic mass is 16.5. The molecule has 140 valence electrons. The van der Waals surface area contributed by atoms with E-state index in [1.54, 1.807) is 17.0 Å². The normalized spacial score (nSPS) is 17.3. The lowest BCUT2D eigenvalue weighted by molar-refractivity contribution is 0.0619. The summed E-state index contributed by atoms with van der Waals surface area (Å²) in [5.74, 6) is 1.67. The van der Waals surface area contributed by atoms with Crippen molar-refractivity contribution in [2.45, 2.75) is 33.6 Å². The highest BCUT2D eigenvalue weighted by Gasteiger charge is 2.26. The summed E-state index contributed by atoms with van der Waals surface area (Å²) in [5, 5.41) is 9.39. The maximum absolute atomic E-state index is 12.9. The summed E-state index contributed by atoms with van der Waals surface area (Å²) in [6.45, 7) is 8.50. The van der Waals surface area contributed by atoms with Crippen molar-refractivity contribution in [2.75, 3.05) is 39.5 Å². The van der Waals surface area contributed by atoms with Crippen LogP contribution in [0.5, 0.6) is 17.2 Å². The van der Waals surface area contributed by atoms with Gasteiger partial charge in [0.15, 0.2) is 11.5 Å². The monoisotopic (exact) mass is 351 g/mol. The van der Waals surface area contributed by atoms with Gasteiger partial charge in [0, 0.05) is 25.3 Å². The van der Waals surface area contributed by atoms with Crippen LogP contribution in [0.3, 0.4) is 0 Å². The largest absolute Gasteiger partial charge is 0.490 e. The fraction of sp³-hybridized carbons (Fsp3) is 0.632. The van der Waals surface area contributed by atoms with Gasteiger partial charge in [0.1, 0.15) is 0 Å². The van der Waals surface area contributed by atoms with E-state index in [0.29, 0.717) is 55.7 Å². The standard InChI is InChI=1S/C19H29NO5/c1-4-23-16-10-15(11-17(24-5-2)18(16)25-6-3)19(22)20-9-7-8-14(12-20)13-21/h10-11,14,21H,4-9,12-13H2,1-3H3. The van der Waals surface area contributed by atoms with Gasteiger partial charge in [-0.15, -0.1) is 0 Å². The number of nitrogens with zero attached hydrogens (tertiary/aromatic N) is 1. The molecule has 0 bridgehead atoms. The van der Waals surface area contributed by atoms with E-state index in [1.165, 1.54) is 0 Å². The number of amides is 1. The fourth-order valence-corrected chi connectivity index (χ4v) is 3.09. The first-order chi connectivity index (χ1) is 12.1. The fourth-order valence-electron chi connectivity index (χ4n) is 3.09. The number of carbonyl (C=O) groups is 1. The number of likely N-dealkylation sites (tertiary alicyclic amines) is 1. The molecule has 1 fully saturated rings. The first-order valence-corrected chi connectivity index (χ1v) is 9.11. The highest BCUT2D eigenvalue weighted by molar-refractivity contribution is 5.95. The van der Waals surface area contributed by atoms with E-state index in [4.69, 9.17) is 14.2 Å². The summed E-state index contributed by atoms with van der Waals surface area (Å²) in [6, 6.07) is 3.45. The summed E-state index contributed by atoms with van der Waals surface area (Å²) >= 11 is 0. The van der Waals surface area contributed by atoms with Gasteiger partial charge in [0.25, 0.3) is 5.91 Å². The van der Waals surface area contributed by atoms with Gasteiger partial charge in [-0.3, -0.25) is 4.79 Å². The van der Waals surface area contributed by atoms with Crippen molar-refractivity contribution in [3.63, 3.8) is 0 Å². The maximum atomic E-state index is 12.9. The molecule has 6 nitrogen and oxygen atoms in total. The molecule has 1 aromatic carbocycles. The number of aliphatic hydroxyl groups is 1. The van der Waals surface area contributed by atoms with E-state index in [9.17, 15) is 9.90 Å². The number of hydrogen-bond donors (Lipinski definition) is 1. The molecule has 25 heavy (non-hydrogen) atoms. The van der Waals surface area contributed by atoms with Crippen LogP contribution in [-0.2, 0) is 0 Å². The molecule has 1 aliphatic heterocycles. The predicted octanol–water partition coefficient (Wildman–Crippen LogP) is 2.73. The van der Waals surface area contributed by atoms with Gasteiger partial charge in [0.2, 0.25) is 5.75 Å². The van der Waals surface area contributed by atoms with Crippen molar-refractivity contribution in [2.24, 2.45) is 5.92 Å². The SMILES string of the molecule is CCOc1cc(C(=O)N2CCCC(CO)C2)cc(OCC)c1OCC. The second-order valence-electron chi connectivity index (χ2n) is 6.04. The van der Waals surface area contributed by atoms with Crippen molar-refractivity contribution >= 4 is 5.91 Å². The zero-order valence-electron chi connectivity index (χ0n) is 15.4. The van der Waals surface area contributed by atoms with Crippen molar-refractivity contribution in [3.8, 4) is 17.2 Å². The van der Waals surface area contributed by atoms with Gasteiger partial charge in [-0.2, -0.15) is 0 Å². The Morgan fingerprint density at radius 3 is 2.24 bits per heavy atom. The second kappa shape index (κ2) is 9.51. The molecule has 1 heterocycles. The lowest BCUT2D eigenvalue weighted by Gasteiger charge is -2.32. The predicted molar refractivity (Wildman–Crippen MR) is 95.7 cm³/mol. The molecular weight excluding hydrogens is 322 g/mol. The quantitative estimate of drug-likeness (QED) is 0.780. The average molecular weight is 351 g/mol. The van der Waals surface area contributed by atoms with Crippen LogP contribution in [-0.4, -0.2) is 55.4 Å². The Morgan fingerprint density at radius 1 is 1.12 bits per heavy atom. The molecule has 0 aliphatic carbocycles. The molecule has 1 atom stereocenters. The van der Waals surface area contributed by atoms with Crippen LogP contribution in [0.4, 0.5) is 0 Å². The third kappa shape index (κ3) is 4.78. The van der Waals surface area contributed by atoms with E-state index in [0.717, 1.165) is 12.8 Å². The van der Waals surface area contributed by atoms with Crippen molar-refractivity contribution in [3.05, 3.63) is 17.7 Å². The van der Waals surface area contributed by atoms with Crippen LogP contribution < -0.4 is 14.2 Å². The van der Waals surface area contributed by atoms with Gasteiger partial charge in [0.05, 0.1) is 19.8 Å². The second-order valence-corrected chi connectivity index (χ2v) is 6.04. The lowest BCUT2D eigenvalue weighted by Crippen LogP contribution is -2.40. The number of carbonyl (C=O) groups excluding carboxylic acids is 1. The molecule has 2 rings (SSSR count). The summed E-state index contributed by atoms with van der Waals surface area (Å²) < 4.78 is 17.0. The molecule has 0 saturated carbocycles. The highest BCUT2D eigenvalue weighted by Crippen LogP contribution is 2.39. The minimum absolute atomic E-state index is 0.0666. The number of aliphatic hydroxyl groups excluding tert-OH is 1. The van der Waals surface area contributed by atoms with Crippen LogP contribution in [0.2, 0.25) is 0 Å². The molecule has 0 aromatic heterocycles. The Balaban J connectivity index is 2.33. The molecule has 6 heteroatoms. The Morgan fingerprint density at radius 2 is 1.72 bits per heavy atom. The molecule has 1 amide bonds. The Hall–Kier alpha value is -1.95. The van der Waals surface area contributed by atoms with Crippen molar-refractivity contribution < 1.29 is 24.1 Å². The summed E-state index contributed by atoms with van der Waals surface area (Å²) in [7, 11) is 0. The first kappa shape index (κ1) is 19.4. The molecule has 1 aliphatic rings. The minimum Gasteiger partial charge on any atom is -0.490 e. The first-order valence-electron chi connectivity index (χ1n) is 9.11. The molecule has 1 unspecified atom stereocenters. The average Bonchev–Trinajstić information content (AvgIpc) is 2.64. The molecule has 0 radical (unpaired) electrons. The Labute approximate surface area is 149 Å². The van der Waals surface area contributed by atoms with Gasteiger partial charge in [-0.25, -0.2) is 0 Å². The van der Waals surface area contributed by atoms with Crippen molar-refractivity contribution in [1.29, 1.82) is 0 Å². The molecule has 1 aromatic rings. The van der Waals surface area contributed by atoms with E-state index in [2.05, 4.69) is 0 Å². The summed E-state index contributed by atoms with van der Waals surface area (Å²) in [4.78, 5) is 14.7. The zero-order valence-corrected chi connectivity index (χ0v) is 15.4. The lowest BCUT2D eigenvalue weighted by atomic mass is 9.98. The van der Waals surface area contributed by atoms with Crippen LogP contribution in [0, 0.1) is 5.92 Å². The topological polar surface area (TPSA) is 68.2 Å². The van der Waals surface area contributed by atoms with Crippen LogP contribution in [0.15, 0.2) is 12.1 Å². The van der Waals surface area contributed by atoms with E-state index in [-0.39, 0.29) is 18.4 Å². The molecule has 0 spiro atoms. The van der Waals surface area contributed by atoms with Crippen LogP contribution >= 0.6 is 0 Å². The smallest absolute Gasteiger partial charge is 0.254 e. The Bertz CT molecular complexity index is 548. The third-order valence-electron chi connectivity index (χ3n) is 4.22. The van der Waals surface area contributed by atoms with Gasteiger partial charge in [-0.1, -0.05) is 0 Å². The van der Waals surface area contributed by atoms with E-state index >= 15 is 0 Å². The minimum atomic E-state index is -0.0666. The van der Waals surface area contributed by atoms with Gasteiger partial charge in [-0.05, 0) is 51.7 Å². The molecule has 1 saturated heterocycles. The number of ether oxygens (including phenoxy) is 3. The summed E-state index contributed by atoms with van der Waals surface area (Å²) in [6.07, 6.45) is 1.86.